The highest BCUT2D eigenvalue weighted by Gasteiger charge is 2.47. The molecule has 9 heteroatoms. The fourth-order valence-corrected chi connectivity index (χ4v) is 4.80. The second-order valence-corrected chi connectivity index (χ2v) is 9.30. The van der Waals surface area contributed by atoms with Crippen LogP contribution in [0.1, 0.15) is 31.0 Å². The number of Topliss-reactive ketones (excluding diaryl/α,β-unsaturated/α-hetero) is 1. The molecule has 0 saturated carbocycles. The number of nitrogens with zero attached hydrogens (tertiary/aromatic N) is 1. The van der Waals surface area contributed by atoms with Crippen molar-refractivity contribution in [1.82, 2.24) is 0 Å². The number of fused-ring (bicyclic) bond motifs is 2. The van der Waals surface area contributed by atoms with Crippen LogP contribution in [0.3, 0.4) is 0 Å². The van der Waals surface area contributed by atoms with Gasteiger partial charge in [-0.25, -0.2) is 0 Å². The van der Waals surface area contributed by atoms with Crippen molar-refractivity contribution in [3.8, 4) is 28.7 Å². The number of hydrogen-bond donors (Lipinski definition) is 1. The fraction of sp³-hybridized carbons (Fsp3) is 0.241. The van der Waals surface area contributed by atoms with Crippen LogP contribution in [0.25, 0.3) is 5.76 Å². The fourth-order valence-electron chi connectivity index (χ4n) is 4.80. The van der Waals surface area contributed by atoms with E-state index >= 15 is 0 Å². The van der Waals surface area contributed by atoms with Crippen molar-refractivity contribution in [2.75, 3.05) is 24.9 Å². The Balaban J connectivity index is 1.49. The molecule has 6 rings (SSSR count). The van der Waals surface area contributed by atoms with Gasteiger partial charge in [0.05, 0.1) is 17.7 Å². The Kier molecular flexibility index (Phi) is 5.83. The van der Waals surface area contributed by atoms with E-state index in [0.717, 1.165) is 0 Å². The summed E-state index contributed by atoms with van der Waals surface area (Å²) in [5.41, 5.74) is 1.35. The number of carbonyl (C=O) groups is 2. The second kappa shape index (κ2) is 9.33. The smallest absolute Gasteiger partial charge is 0.300 e. The highest BCUT2D eigenvalue weighted by atomic mass is 16.7. The van der Waals surface area contributed by atoms with E-state index in [4.69, 9.17) is 23.7 Å². The number of carbonyl (C=O) groups excluding carboxylic acids is 2. The summed E-state index contributed by atoms with van der Waals surface area (Å²) >= 11 is 0. The normalized spacial score (nSPS) is 19.2. The number of hydrogen-bond acceptors (Lipinski definition) is 8. The molecule has 1 N–H and O–H groups in total. The maximum absolute atomic E-state index is 13.5. The monoisotopic (exact) mass is 515 g/mol. The van der Waals surface area contributed by atoms with Gasteiger partial charge in [-0.1, -0.05) is 12.1 Å². The Morgan fingerprint density at radius 3 is 2.29 bits per heavy atom. The number of rotatable bonds is 5. The Hall–Kier alpha value is -4.66. The predicted octanol–water partition coefficient (Wildman–Crippen LogP) is 4.60. The van der Waals surface area contributed by atoms with E-state index in [-0.39, 0.29) is 24.2 Å². The minimum absolute atomic E-state index is 0.0182. The van der Waals surface area contributed by atoms with Gasteiger partial charge >= 0.3 is 0 Å². The van der Waals surface area contributed by atoms with Crippen LogP contribution < -0.4 is 28.6 Å². The zero-order valence-corrected chi connectivity index (χ0v) is 20.8. The summed E-state index contributed by atoms with van der Waals surface area (Å²) in [6, 6.07) is 16.2. The van der Waals surface area contributed by atoms with Crippen LogP contribution in [0.2, 0.25) is 0 Å². The van der Waals surface area contributed by atoms with Crippen LogP contribution in [0.4, 0.5) is 5.69 Å². The Morgan fingerprint density at radius 2 is 1.53 bits per heavy atom. The maximum Gasteiger partial charge on any atom is 0.300 e. The van der Waals surface area contributed by atoms with Crippen LogP contribution >= 0.6 is 0 Å². The summed E-state index contributed by atoms with van der Waals surface area (Å²) in [5.74, 6) is 0.789. The molecule has 1 atom stereocenters. The lowest BCUT2D eigenvalue weighted by Crippen LogP contribution is -2.29. The molecule has 3 heterocycles. The van der Waals surface area contributed by atoms with Crippen molar-refractivity contribution in [3.05, 3.63) is 77.4 Å². The molecular weight excluding hydrogens is 490 g/mol. The van der Waals surface area contributed by atoms with Crippen molar-refractivity contribution in [2.24, 2.45) is 0 Å². The third kappa shape index (κ3) is 4.06. The number of ketones is 1. The molecule has 0 aliphatic carbocycles. The second-order valence-electron chi connectivity index (χ2n) is 9.30. The SMILES string of the molecule is CC(C)Oc1ccc(C2/C(=C(/O)c3ccc4c(c3)OCCO4)C(=O)C(=O)N2c2ccc3c(c2)OCO3)cc1. The van der Waals surface area contributed by atoms with E-state index in [9.17, 15) is 14.7 Å². The molecule has 0 radical (unpaired) electrons. The molecule has 1 saturated heterocycles. The molecule has 3 aromatic carbocycles. The van der Waals surface area contributed by atoms with Gasteiger partial charge in [0.1, 0.15) is 24.7 Å². The molecule has 1 fully saturated rings. The molecule has 38 heavy (non-hydrogen) atoms. The highest BCUT2D eigenvalue weighted by Crippen LogP contribution is 2.45. The number of anilines is 1. The maximum atomic E-state index is 13.5. The summed E-state index contributed by atoms with van der Waals surface area (Å²) in [6.07, 6.45) is -0.0182. The molecule has 3 aromatic rings. The average molecular weight is 516 g/mol. The number of benzene rings is 3. The van der Waals surface area contributed by atoms with Gasteiger partial charge in [0.2, 0.25) is 6.79 Å². The molecule has 3 aliphatic heterocycles. The first-order chi connectivity index (χ1) is 18.4. The number of aliphatic hydroxyl groups is 1. The van der Waals surface area contributed by atoms with Gasteiger partial charge < -0.3 is 28.8 Å². The van der Waals surface area contributed by atoms with Gasteiger partial charge in [0.15, 0.2) is 23.0 Å². The predicted molar refractivity (Wildman–Crippen MR) is 137 cm³/mol. The van der Waals surface area contributed by atoms with Crippen molar-refractivity contribution in [2.45, 2.75) is 26.0 Å². The molecule has 0 bridgehead atoms. The van der Waals surface area contributed by atoms with Crippen LogP contribution in [-0.2, 0) is 9.59 Å². The summed E-state index contributed by atoms with van der Waals surface area (Å²) in [5, 5.41) is 11.4. The zero-order valence-electron chi connectivity index (χ0n) is 20.8. The summed E-state index contributed by atoms with van der Waals surface area (Å²) in [4.78, 5) is 28.3. The van der Waals surface area contributed by atoms with Crippen molar-refractivity contribution < 1.29 is 38.4 Å². The topological polar surface area (TPSA) is 104 Å². The van der Waals surface area contributed by atoms with Gasteiger partial charge in [-0.05, 0) is 61.9 Å². The molecule has 9 nitrogen and oxygen atoms in total. The van der Waals surface area contributed by atoms with Gasteiger partial charge in [-0.15, -0.1) is 0 Å². The Morgan fingerprint density at radius 1 is 0.868 bits per heavy atom. The Bertz CT molecular complexity index is 1460. The molecule has 194 valence electrons. The minimum Gasteiger partial charge on any atom is -0.507 e. The first kappa shape index (κ1) is 23.7. The standard InChI is InChI=1S/C29H25NO8/c1-16(2)38-20-7-3-17(4-8-20)26-25(27(31)18-5-9-21-23(13-18)35-12-11-34-21)28(32)29(33)30(26)19-6-10-22-24(14-19)37-15-36-22/h3-10,13-14,16,26,31H,11-12,15H2,1-2H3/b27-25-. The lowest BCUT2D eigenvalue weighted by atomic mass is 9.95. The first-order valence-corrected chi connectivity index (χ1v) is 12.3. The van der Waals surface area contributed by atoms with Crippen molar-refractivity contribution >= 4 is 23.1 Å². The zero-order chi connectivity index (χ0) is 26.4. The van der Waals surface area contributed by atoms with E-state index < -0.39 is 17.7 Å². The van der Waals surface area contributed by atoms with Crippen molar-refractivity contribution in [3.63, 3.8) is 0 Å². The first-order valence-electron chi connectivity index (χ1n) is 12.3. The lowest BCUT2D eigenvalue weighted by molar-refractivity contribution is -0.132. The summed E-state index contributed by atoms with van der Waals surface area (Å²) in [6.45, 7) is 4.72. The van der Waals surface area contributed by atoms with Gasteiger partial charge in [-0.3, -0.25) is 14.5 Å². The summed E-state index contributed by atoms with van der Waals surface area (Å²) in [7, 11) is 0. The van der Waals surface area contributed by atoms with Crippen LogP contribution in [-0.4, -0.2) is 42.9 Å². The van der Waals surface area contributed by atoms with Crippen LogP contribution in [0.5, 0.6) is 28.7 Å². The molecular formula is C29H25NO8. The van der Waals surface area contributed by atoms with E-state index in [1.165, 1.54) is 4.90 Å². The largest absolute Gasteiger partial charge is 0.507 e. The number of amides is 1. The molecule has 1 amide bonds. The molecule has 0 aromatic heterocycles. The lowest BCUT2D eigenvalue weighted by Gasteiger charge is -2.26. The number of ether oxygens (including phenoxy) is 5. The quantitative estimate of drug-likeness (QED) is 0.299. The Labute approximate surface area is 218 Å². The van der Waals surface area contributed by atoms with E-state index in [1.807, 2.05) is 13.8 Å². The van der Waals surface area contributed by atoms with Gasteiger partial charge in [0.25, 0.3) is 11.7 Å². The number of aliphatic hydroxyl groups excluding tert-OH is 1. The molecule has 1 unspecified atom stereocenters. The van der Waals surface area contributed by atoms with E-state index in [1.54, 1.807) is 60.7 Å². The molecule has 3 aliphatic rings. The summed E-state index contributed by atoms with van der Waals surface area (Å²) < 4.78 is 27.9. The molecule has 0 spiro atoms. The highest BCUT2D eigenvalue weighted by molar-refractivity contribution is 6.51. The van der Waals surface area contributed by atoms with Gasteiger partial charge in [0, 0.05) is 17.3 Å². The van der Waals surface area contributed by atoms with Crippen LogP contribution in [0.15, 0.2) is 66.2 Å². The minimum atomic E-state index is -0.906. The van der Waals surface area contributed by atoms with Crippen LogP contribution in [0, 0.1) is 0 Å². The van der Waals surface area contributed by atoms with Gasteiger partial charge in [-0.2, -0.15) is 0 Å². The van der Waals surface area contributed by atoms with E-state index in [2.05, 4.69) is 0 Å². The average Bonchev–Trinajstić information content (AvgIpc) is 3.50. The third-order valence-electron chi connectivity index (χ3n) is 6.46. The third-order valence-corrected chi connectivity index (χ3v) is 6.46. The van der Waals surface area contributed by atoms with Crippen molar-refractivity contribution in [1.29, 1.82) is 0 Å². The van der Waals surface area contributed by atoms with E-state index in [0.29, 0.717) is 58.8 Å².